The maximum atomic E-state index is 12.9. The fourth-order valence-electron chi connectivity index (χ4n) is 2.49. The zero-order valence-corrected chi connectivity index (χ0v) is 13.9. The molecule has 0 aromatic carbocycles. The monoisotopic (exact) mass is 327 g/mol. The van der Waals surface area contributed by atoms with Crippen LogP contribution in [0, 0.1) is 0 Å². The van der Waals surface area contributed by atoms with E-state index in [0.29, 0.717) is 24.1 Å². The third-order valence-corrected chi connectivity index (χ3v) is 3.76. The SMILES string of the molecule is CCCCN(C(=O)c1cccnc1)c1nccc(CC)c1C(=O)O. The Morgan fingerprint density at radius 3 is 2.58 bits per heavy atom. The van der Waals surface area contributed by atoms with Crippen molar-refractivity contribution in [1.82, 2.24) is 9.97 Å². The Bertz CT molecular complexity index is 717. The van der Waals surface area contributed by atoms with E-state index in [2.05, 4.69) is 9.97 Å². The number of carboxylic acid groups (broad SMARTS) is 1. The quantitative estimate of drug-likeness (QED) is 0.844. The molecule has 0 bridgehead atoms. The molecule has 0 saturated carbocycles. The maximum absolute atomic E-state index is 12.9. The Labute approximate surface area is 141 Å². The number of nitrogens with zero attached hydrogens (tertiary/aromatic N) is 3. The highest BCUT2D eigenvalue weighted by Gasteiger charge is 2.25. The van der Waals surface area contributed by atoms with Crippen LogP contribution in [0.3, 0.4) is 0 Å². The van der Waals surface area contributed by atoms with Crippen molar-refractivity contribution < 1.29 is 14.7 Å². The molecule has 2 rings (SSSR count). The molecule has 6 heteroatoms. The zero-order valence-electron chi connectivity index (χ0n) is 13.9. The summed E-state index contributed by atoms with van der Waals surface area (Å²) in [5.41, 5.74) is 1.16. The van der Waals surface area contributed by atoms with Crippen LogP contribution in [0.15, 0.2) is 36.8 Å². The molecule has 0 saturated heterocycles. The van der Waals surface area contributed by atoms with Crippen molar-refractivity contribution in [1.29, 1.82) is 0 Å². The maximum Gasteiger partial charge on any atom is 0.339 e. The highest BCUT2D eigenvalue weighted by molar-refractivity contribution is 6.08. The summed E-state index contributed by atoms with van der Waals surface area (Å²) in [6.07, 6.45) is 6.81. The number of aryl methyl sites for hydroxylation is 1. The fraction of sp³-hybridized carbons (Fsp3) is 0.333. The van der Waals surface area contributed by atoms with Crippen LogP contribution in [-0.2, 0) is 6.42 Å². The number of rotatable bonds is 7. The predicted octanol–water partition coefficient (Wildman–Crippen LogP) is 3.18. The van der Waals surface area contributed by atoms with E-state index in [-0.39, 0.29) is 17.3 Å². The molecule has 2 heterocycles. The van der Waals surface area contributed by atoms with Gasteiger partial charge in [0, 0.05) is 25.1 Å². The van der Waals surface area contributed by atoms with E-state index < -0.39 is 5.97 Å². The second-order valence-corrected chi connectivity index (χ2v) is 5.38. The van der Waals surface area contributed by atoms with Gasteiger partial charge in [-0.15, -0.1) is 0 Å². The van der Waals surface area contributed by atoms with Crippen molar-refractivity contribution in [2.24, 2.45) is 0 Å². The first-order chi connectivity index (χ1) is 11.6. The molecular formula is C18H21N3O3. The van der Waals surface area contributed by atoms with E-state index >= 15 is 0 Å². The molecule has 0 aliphatic carbocycles. The van der Waals surface area contributed by atoms with Gasteiger partial charge in [-0.3, -0.25) is 14.7 Å². The Morgan fingerprint density at radius 2 is 2.00 bits per heavy atom. The lowest BCUT2D eigenvalue weighted by Crippen LogP contribution is -2.34. The largest absolute Gasteiger partial charge is 0.478 e. The van der Waals surface area contributed by atoms with Crippen molar-refractivity contribution in [2.45, 2.75) is 33.1 Å². The third kappa shape index (κ3) is 3.76. The van der Waals surface area contributed by atoms with E-state index in [1.807, 2.05) is 13.8 Å². The van der Waals surface area contributed by atoms with Crippen LogP contribution >= 0.6 is 0 Å². The minimum atomic E-state index is -1.07. The van der Waals surface area contributed by atoms with Crippen LogP contribution in [0.1, 0.15) is 53.0 Å². The van der Waals surface area contributed by atoms with Gasteiger partial charge < -0.3 is 5.11 Å². The molecule has 2 aromatic rings. The molecule has 0 aliphatic rings. The number of pyridine rings is 2. The number of hydrogen-bond donors (Lipinski definition) is 1. The smallest absolute Gasteiger partial charge is 0.339 e. The minimum Gasteiger partial charge on any atom is -0.478 e. The molecule has 24 heavy (non-hydrogen) atoms. The zero-order chi connectivity index (χ0) is 17.5. The van der Waals surface area contributed by atoms with Crippen LogP contribution in [0.2, 0.25) is 0 Å². The van der Waals surface area contributed by atoms with Gasteiger partial charge in [0.1, 0.15) is 11.4 Å². The summed E-state index contributed by atoms with van der Waals surface area (Å²) in [4.78, 5) is 34.3. The Hall–Kier alpha value is -2.76. The lowest BCUT2D eigenvalue weighted by molar-refractivity contribution is 0.0696. The molecule has 0 spiro atoms. The second kappa shape index (κ2) is 8.19. The molecule has 0 aliphatic heterocycles. The van der Waals surface area contributed by atoms with Gasteiger partial charge in [0.05, 0.1) is 5.56 Å². The number of aromatic carboxylic acids is 1. The van der Waals surface area contributed by atoms with Gasteiger partial charge in [-0.1, -0.05) is 20.3 Å². The second-order valence-electron chi connectivity index (χ2n) is 5.38. The number of hydrogen-bond acceptors (Lipinski definition) is 4. The molecule has 126 valence electrons. The summed E-state index contributed by atoms with van der Waals surface area (Å²) in [6, 6.07) is 5.02. The van der Waals surface area contributed by atoms with E-state index in [4.69, 9.17) is 0 Å². The molecular weight excluding hydrogens is 306 g/mol. The van der Waals surface area contributed by atoms with Gasteiger partial charge in [-0.2, -0.15) is 0 Å². The lowest BCUT2D eigenvalue weighted by Gasteiger charge is -2.24. The Morgan fingerprint density at radius 1 is 1.21 bits per heavy atom. The molecule has 2 aromatic heterocycles. The molecule has 0 radical (unpaired) electrons. The number of amides is 1. The first-order valence-corrected chi connectivity index (χ1v) is 8.03. The van der Waals surface area contributed by atoms with Gasteiger partial charge >= 0.3 is 5.97 Å². The molecule has 0 unspecified atom stereocenters. The first-order valence-electron chi connectivity index (χ1n) is 8.03. The van der Waals surface area contributed by atoms with Crippen LogP contribution in [-0.4, -0.2) is 33.5 Å². The average Bonchev–Trinajstić information content (AvgIpc) is 2.62. The van der Waals surface area contributed by atoms with Gasteiger partial charge in [0.15, 0.2) is 0 Å². The number of anilines is 1. The summed E-state index contributed by atoms with van der Waals surface area (Å²) in [5, 5.41) is 9.61. The number of aromatic nitrogens is 2. The summed E-state index contributed by atoms with van der Waals surface area (Å²) in [6.45, 7) is 4.30. The molecule has 0 fully saturated rings. The van der Waals surface area contributed by atoms with Crippen molar-refractivity contribution in [2.75, 3.05) is 11.4 Å². The van der Waals surface area contributed by atoms with Crippen molar-refractivity contribution >= 4 is 17.7 Å². The van der Waals surface area contributed by atoms with E-state index in [1.165, 1.54) is 11.1 Å². The fourth-order valence-corrected chi connectivity index (χ4v) is 2.49. The van der Waals surface area contributed by atoms with Crippen molar-refractivity contribution in [3.8, 4) is 0 Å². The normalized spacial score (nSPS) is 10.4. The number of unbranched alkanes of at least 4 members (excludes halogenated alkanes) is 1. The summed E-state index contributed by atoms with van der Waals surface area (Å²) < 4.78 is 0. The van der Waals surface area contributed by atoms with Crippen LogP contribution in [0.25, 0.3) is 0 Å². The highest BCUT2D eigenvalue weighted by Crippen LogP contribution is 2.24. The topological polar surface area (TPSA) is 83.4 Å². The highest BCUT2D eigenvalue weighted by atomic mass is 16.4. The van der Waals surface area contributed by atoms with E-state index in [0.717, 1.165) is 12.8 Å². The van der Waals surface area contributed by atoms with Gasteiger partial charge in [-0.05, 0) is 36.6 Å². The van der Waals surface area contributed by atoms with Gasteiger partial charge in [-0.25, -0.2) is 9.78 Å². The summed E-state index contributed by atoms with van der Waals surface area (Å²) in [7, 11) is 0. The lowest BCUT2D eigenvalue weighted by atomic mass is 10.1. The van der Waals surface area contributed by atoms with E-state index in [1.54, 1.807) is 30.6 Å². The predicted molar refractivity (Wildman–Crippen MR) is 91.4 cm³/mol. The third-order valence-electron chi connectivity index (χ3n) is 3.76. The molecule has 6 nitrogen and oxygen atoms in total. The molecule has 1 amide bonds. The van der Waals surface area contributed by atoms with Crippen LogP contribution in [0.4, 0.5) is 5.82 Å². The number of carbonyl (C=O) groups excluding carboxylic acids is 1. The molecule has 1 N–H and O–H groups in total. The molecule has 0 atom stereocenters. The van der Waals surface area contributed by atoms with E-state index in [9.17, 15) is 14.7 Å². The van der Waals surface area contributed by atoms with Gasteiger partial charge in [0.2, 0.25) is 0 Å². The Balaban J connectivity index is 2.53. The average molecular weight is 327 g/mol. The van der Waals surface area contributed by atoms with Gasteiger partial charge in [0.25, 0.3) is 5.91 Å². The summed E-state index contributed by atoms with van der Waals surface area (Å²) in [5.74, 6) is -1.17. The van der Waals surface area contributed by atoms with Crippen molar-refractivity contribution in [3.63, 3.8) is 0 Å². The number of carboxylic acids is 1. The standard InChI is InChI=1S/C18H21N3O3/c1-3-5-11-21(17(22)14-7-6-9-19-12-14)16-15(18(23)24)13(4-2)8-10-20-16/h6-10,12H,3-5,11H2,1-2H3,(H,23,24). The number of carbonyl (C=O) groups is 2. The van der Waals surface area contributed by atoms with Crippen LogP contribution < -0.4 is 4.90 Å². The van der Waals surface area contributed by atoms with Crippen LogP contribution in [0.5, 0.6) is 0 Å². The van der Waals surface area contributed by atoms with Crippen molar-refractivity contribution in [3.05, 3.63) is 53.5 Å². The summed E-state index contributed by atoms with van der Waals surface area (Å²) >= 11 is 0. The Kier molecular flexibility index (Phi) is 6.01. The minimum absolute atomic E-state index is 0.0911. The first kappa shape index (κ1) is 17.6.